The van der Waals surface area contributed by atoms with Gasteiger partial charge in [-0.15, -0.1) is 0 Å². The lowest BCUT2D eigenvalue weighted by molar-refractivity contribution is -0.129. The molecule has 6 heteroatoms. The number of hydrogen-bond acceptors (Lipinski definition) is 5. The molecule has 0 spiro atoms. The summed E-state index contributed by atoms with van der Waals surface area (Å²) >= 11 is 0. The van der Waals surface area contributed by atoms with Crippen molar-refractivity contribution in [3.05, 3.63) is 59.7 Å². The molecular weight excluding hydrogens is 310 g/mol. The Morgan fingerprint density at radius 3 is 2.29 bits per heavy atom. The van der Waals surface area contributed by atoms with E-state index in [0.29, 0.717) is 6.54 Å². The number of rotatable bonds is 6. The summed E-state index contributed by atoms with van der Waals surface area (Å²) in [4.78, 5) is 23.9. The molecule has 0 saturated carbocycles. The van der Waals surface area contributed by atoms with E-state index in [0.717, 1.165) is 11.3 Å². The summed E-state index contributed by atoms with van der Waals surface area (Å²) in [7, 11) is 1.58. The molecule has 0 fully saturated rings. The SMILES string of the molecule is COc1ccc(CNC(=O)[C@H](C)OC(=O)c2ccc(O)cc2)cc1. The second kappa shape index (κ2) is 8.01. The van der Waals surface area contributed by atoms with E-state index in [-0.39, 0.29) is 11.3 Å². The van der Waals surface area contributed by atoms with Gasteiger partial charge in [-0.2, -0.15) is 0 Å². The van der Waals surface area contributed by atoms with Gasteiger partial charge in [0.25, 0.3) is 5.91 Å². The van der Waals surface area contributed by atoms with Crippen LogP contribution in [0.4, 0.5) is 0 Å². The molecule has 0 aliphatic rings. The minimum Gasteiger partial charge on any atom is -0.508 e. The number of carbonyl (C=O) groups excluding carboxylic acids is 2. The molecule has 0 saturated heterocycles. The number of benzene rings is 2. The van der Waals surface area contributed by atoms with E-state index in [4.69, 9.17) is 9.47 Å². The smallest absolute Gasteiger partial charge is 0.338 e. The molecule has 0 heterocycles. The highest BCUT2D eigenvalue weighted by atomic mass is 16.5. The van der Waals surface area contributed by atoms with Gasteiger partial charge < -0.3 is 19.9 Å². The molecule has 0 bridgehead atoms. The van der Waals surface area contributed by atoms with Gasteiger partial charge in [0.15, 0.2) is 6.10 Å². The average Bonchev–Trinajstić information content (AvgIpc) is 2.60. The molecule has 24 heavy (non-hydrogen) atoms. The molecule has 0 aromatic heterocycles. The molecule has 0 radical (unpaired) electrons. The van der Waals surface area contributed by atoms with Crippen molar-refractivity contribution in [2.75, 3.05) is 7.11 Å². The monoisotopic (exact) mass is 329 g/mol. The van der Waals surface area contributed by atoms with Crippen LogP contribution in [0.1, 0.15) is 22.8 Å². The molecule has 2 rings (SSSR count). The zero-order chi connectivity index (χ0) is 17.5. The fraction of sp³-hybridized carbons (Fsp3) is 0.222. The Morgan fingerprint density at radius 1 is 1.08 bits per heavy atom. The fourth-order valence-electron chi connectivity index (χ4n) is 1.96. The van der Waals surface area contributed by atoms with E-state index in [9.17, 15) is 14.7 Å². The number of carbonyl (C=O) groups is 2. The number of phenols is 1. The van der Waals surface area contributed by atoms with E-state index >= 15 is 0 Å². The predicted octanol–water partition coefficient (Wildman–Crippen LogP) is 2.26. The molecule has 0 aliphatic heterocycles. The molecule has 2 aromatic rings. The molecule has 1 atom stereocenters. The van der Waals surface area contributed by atoms with Crippen LogP contribution in [0.2, 0.25) is 0 Å². The predicted molar refractivity (Wildman–Crippen MR) is 87.8 cm³/mol. The largest absolute Gasteiger partial charge is 0.508 e. The lowest BCUT2D eigenvalue weighted by atomic mass is 10.2. The van der Waals surface area contributed by atoms with Crippen LogP contribution < -0.4 is 10.1 Å². The van der Waals surface area contributed by atoms with E-state index in [1.54, 1.807) is 19.2 Å². The molecule has 0 unspecified atom stereocenters. The highest BCUT2D eigenvalue weighted by Crippen LogP contribution is 2.12. The van der Waals surface area contributed by atoms with Crippen molar-refractivity contribution in [1.29, 1.82) is 0 Å². The van der Waals surface area contributed by atoms with Crippen molar-refractivity contribution < 1.29 is 24.2 Å². The van der Waals surface area contributed by atoms with Crippen LogP contribution in [0.5, 0.6) is 11.5 Å². The maximum Gasteiger partial charge on any atom is 0.338 e. The minimum atomic E-state index is -0.926. The van der Waals surface area contributed by atoms with Crippen LogP contribution in [-0.4, -0.2) is 30.2 Å². The number of esters is 1. The third-order valence-electron chi connectivity index (χ3n) is 3.38. The summed E-state index contributed by atoms with van der Waals surface area (Å²) in [6, 6.07) is 12.9. The van der Waals surface area contributed by atoms with Crippen molar-refractivity contribution in [2.45, 2.75) is 19.6 Å². The van der Waals surface area contributed by atoms with Crippen molar-refractivity contribution in [1.82, 2.24) is 5.32 Å². The molecule has 6 nitrogen and oxygen atoms in total. The normalized spacial score (nSPS) is 11.4. The Kier molecular flexibility index (Phi) is 5.78. The van der Waals surface area contributed by atoms with Gasteiger partial charge in [-0.3, -0.25) is 4.79 Å². The first kappa shape index (κ1) is 17.3. The highest BCUT2D eigenvalue weighted by molar-refractivity contribution is 5.92. The number of nitrogens with one attached hydrogen (secondary N) is 1. The maximum atomic E-state index is 12.0. The summed E-state index contributed by atoms with van der Waals surface area (Å²) in [6.45, 7) is 1.82. The first-order valence-corrected chi connectivity index (χ1v) is 7.40. The summed E-state index contributed by atoms with van der Waals surface area (Å²) in [5.41, 5.74) is 1.17. The Labute approximate surface area is 140 Å². The first-order chi connectivity index (χ1) is 11.5. The number of amides is 1. The second-order valence-corrected chi connectivity index (χ2v) is 5.16. The zero-order valence-electron chi connectivity index (χ0n) is 13.5. The third kappa shape index (κ3) is 4.74. The molecule has 2 aromatic carbocycles. The van der Waals surface area contributed by atoms with Gasteiger partial charge in [-0.1, -0.05) is 12.1 Å². The number of ether oxygens (including phenoxy) is 2. The Hall–Kier alpha value is -3.02. The topological polar surface area (TPSA) is 84.9 Å². The number of hydrogen-bond donors (Lipinski definition) is 2. The Balaban J connectivity index is 1.84. The standard InChI is InChI=1S/C18H19NO5/c1-12(24-18(22)14-5-7-15(20)8-6-14)17(21)19-11-13-3-9-16(23-2)10-4-13/h3-10,12,20H,11H2,1-2H3,(H,19,21)/t12-/m0/s1. The van der Waals surface area contributed by atoms with Crippen LogP contribution in [0.15, 0.2) is 48.5 Å². The van der Waals surface area contributed by atoms with Gasteiger partial charge in [-0.25, -0.2) is 4.79 Å². The molecule has 2 N–H and O–H groups in total. The van der Waals surface area contributed by atoms with Gasteiger partial charge >= 0.3 is 5.97 Å². The zero-order valence-corrected chi connectivity index (χ0v) is 13.5. The van der Waals surface area contributed by atoms with Gasteiger partial charge in [0.1, 0.15) is 11.5 Å². The van der Waals surface area contributed by atoms with Crippen molar-refractivity contribution in [3.8, 4) is 11.5 Å². The molecule has 0 aliphatic carbocycles. The highest BCUT2D eigenvalue weighted by Gasteiger charge is 2.18. The summed E-state index contributed by atoms with van der Waals surface area (Å²) in [5, 5.41) is 11.9. The lowest BCUT2D eigenvalue weighted by Crippen LogP contribution is -2.35. The van der Waals surface area contributed by atoms with Crippen LogP contribution in [0.25, 0.3) is 0 Å². The number of methoxy groups -OCH3 is 1. The van der Waals surface area contributed by atoms with E-state index in [1.165, 1.54) is 31.2 Å². The second-order valence-electron chi connectivity index (χ2n) is 5.16. The van der Waals surface area contributed by atoms with Gasteiger partial charge in [0, 0.05) is 6.54 Å². The Morgan fingerprint density at radius 2 is 1.71 bits per heavy atom. The average molecular weight is 329 g/mol. The van der Waals surface area contributed by atoms with Crippen molar-refractivity contribution in [3.63, 3.8) is 0 Å². The molecular formula is C18H19NO5. The van der Waals surface area contributed by atoms with Gasteiger partial charge in [-0.05, 0) is 48.9 Å². The third-order valence-corrected chi connectivity index (χ3v) is 3.38. The van der Waals surface area contributed by atoms with Gasteiger partial charge in [0.05, 0.1) is 12.7 Å². The van der Waals surface area contributed by atoms with E-state index in [1.807, 2.05) is 12.1 Å². The number of phenolic OH excluding ortho intramolecular Hbond substituents is 1. The van der Waals surface area contributed by atoms with Crippen LogP contribution >= 0.6 is 0 Å². The minimum absolute atomic E-state index is 0.0526. The molecule has 1 amide bonds. The summed E-state index contributed by atoms with van der Waals surface area (Å²) in [6.07, 6.45) is -0.926. The Bertz CT molecular complexity index is 694. The summed E-state index contributed by atoms with van der Waals surface area (Å²) in [5.74, 6) is -0.224. The molecule has 126 valence electrons. The quantitative estimate of drug-likeness (QED) is 0.794. The van der Waals surface area contributed by atoms with Crippen LogP contribution in [0, 0.1) is 0 Å². The fourth-order valence-corrected chi connectivity index (χ4v) is 1.96. The lowest BCUT2D eigenvalue weighted by Gasteiger charge is -2.13. The summed E-state index contributed by atoms with van der Waals surface area (Å²) < 4.78 is 10.2. The van der Waals surface area contributed by atoms with Crippen LogP contribution in [0.3, 0.4) is 0 Å². The van der Waals surface area contributed by atoms with E-state index in [2.05, 4.69) is 5.32 Å². The van der Waals surface area contributed by atoms with Gasteiger partial charge in [0.2, 0.25) is 0 Å². The van der Waals surface area contributed by atoms with Crippen LogP contribution in [-0.2, 0) is 16.1 Å². The van der Waals surface area contributed by atoms with Crippen molar-refractivity contribution in [2.24, 2.45) is 0 Å². The first-order valence-electron chi connectivity index (χ1n) is 7.40. The maximum absolute atomic E-state index is 12.0. The van der Waals surface area contributed by atoms with E-state index < -0.39 is 18.0 Å². The number of aromatic hydroxyl groups is 1. The van der Waals surface area contributed by atoms with Crippen molar-refractivity contribution >= 4 is 11.9 Å².